The molecule has 6 nitrogen and oxygen atoms in total. The molecule has 7 heteroatoms. The predicted octanol–water partition coefficient (Wildman–Crippen LogP) is 2.08. The number of aromatic nitrogens is 1. The van der Waals surface area contributed by atoms with Gasteiger partial charge in [-0.1, -0.05) is 29.9 Å². The summed E-state index contributed by atoms with van der Waals surface area (Å²) >= 11 is 1.66. The normalized spacial score (nSPS) is 19.1. The van der Waals surface area contributed by atoms with Crippen molar-refractivity contribution in [2.75, 3.05) is 12.3 Å². The molecule has 1 atom stereocenters. The lowest BCUT2D eigenvalue weighted by molar-refractivity contribution is -0.122. The number of anilines is 1. The van der Waals surface area contributed by atoms with Crippen molar-refractivity contribution in [3.05, 3.63) is 69.6 Å². The maximum Gasteiger partial charge on any atom is 0.247 e. The van der Waals surface area contributed by atoms with Crippen molar-refractivity contribution in [1.29, 1.82) is 0 Å². The van der Waals surface area contributed by atoms with Crippen molar-refractivity contribution in [1.82, 2.24) is 10.3 Å². The predicted molar refractivity (Wildman–Crippen MR) is 107 cm³/mol. The number of pyridine rings is 1. The maximum absolute atomic E-state index is 12.6. The molecular weight excluding hydrogens is 360 g/mol. The summed E-state index contributed by atoms with van der Waals surface area (Å²) in [5, 5.41) is 4.94. The average molecular weight is 382 g/mol. The number of allylic oxidation sites excluding steroid dienone is 2. The average Bonchev–Trinajstić information content (AvgIpc) is 3.16. The molecule has 1 aliphatic rings. The van der Waals surface area contributed by atoms with Gasteiger partial charge in [-0.15, -0.1) is 11.3 Å². The number of hydrogen-bond acceptors (Lipinski definition) is 5. The van der Waals surface area contributed by atoms with Crippen LogP contribution < -0.4 is 16.8 Å². The van der Waals surface area contributed by atoms with Gasteiger partial charge in [-0.05, 0) is 36.4 Å². The van der Waals surface area contributed by atoms with Crippen LogP contribution in [-0.4, -0.2) is 23.3 Å². The highest BCUT2D eigenvalue weighted by Gasteiger charge is 2.43. The Hall–Kier alpha value is -2.93. The number of thiophene rings is 1. The number of nitrogens with one attached hydrogen (secondary N) is 1. The number of rotatable bonds is 6. The first-order chi connectivity index (χ1) is 12.9. The van der Waals surface area contributed by atoms with Gasteiger partial charge in [-0.2, -0.15) is 0 Å². The molecule has 3 rings (SSSR count). The molecule has 0 radical (unpaired) electrons. The van der Waals surface area contributed by atoms with Gasteiger partial charge < -0.3 is 16.8 Å². The Bertz CT molecular complexity index is 901. The molecule has 0 aliphatic heterocycles. The fraction of sp³-hybridized carbons (Fsp3) is 0.250. The number of carbonyl (C=O) groups is 2. The fourth-order valence-corrected chi connectivity index (χ4v) is 4.00. The lowest BCUT2D eigenvalue weighted by atomic mass is 9.68. The summed E-state index contributed by atoms with van der Waals surface area (Å²) in [6.07, 6.45) is 6.05. The van der Waals surface area contributed by atoms with Crippen LogP contribution in [0.3, 0.4) is 0 Å². The van der Waals surface area contributed by atoms with Crippen LogP contribution in [0.5, 0.6) is 0 Å². The molecule has 0 spiro atoms. The molecule has 5 N–H and O–H groups in total. The Kier molecular flexibility index (Phi) is 5.41. The first-order valence-corrected chi connectivity index (χ1v) is 9.52. The van der Waals surface area contributed by atoms with E-state index in [1.807, 2.05) is 24.4 Å². The topological polar surface area (TPSA) is 111 Å². The SMILES string of the molecule is CC1=CC=C(C(=O)NCCc2cccs2)CC1(C(N)=O)c1ccc(N)nc1. The van der Waals surface area contributed by atoms with Crippen molar-refractivity contribution in [2.24, 2.45) is 5.73 Å². The Balaban J connectivity index is 1.79. The van der Waals surface area contributed by atoms with Crippen LogP contribution in [-0.2, 0) is 21.4 Å². The van der Waals surface area contributed by atoms with Gasteiger partial charge in [0.25, 0.3) is 0 Å². The quantitative estimate of drug-likeness (QED) is 0.710. The number of nitrogens with two attached hydrogens (primary N) is 2. The van der Waals surface area contributed by atoms with Gasteiger partial charge in [-0.25, -0.2) is 4.98 Å². The van der Waals surface area contributed by atoms with Crippen LogP contribution in [0.25, 0.3) is 0 Å². The second-order valence-electron chi connectivity index (χ2n) is 6.54. The number of primary amides is 1. The first kappa shape index (κ1) is 18.8. The number of nitrogens with zero attached hydrogens (tertiary/aromatic N) is 1. The van der Waals surface area contributed by atoms with E-state index in [9.17, 15) is 9.59 Å². The molecule has 0 bridgehead atoms. The zero-order chi connectivity index (χ0) is 19.4. The van der Waals surface area contributed by atoms with Gasteiger partial charge in [0.1, 0.15) is 11.2 Å². The smallest absolute Gasteiger partial charge is 0.247 e. The molecule has 1 aliphatic carbocycles. The summed E-state index contributed by atoms with van der Waals surface area (Å²) in [7, 11) is 0. The van der Waals surface area contributed by atoms with Crippen LogP contribution in [0.2, 0.25) is 0 Å². The number of nitrogen functional groups attached to an aromatic ring is 1. The maximum atomic E-state index is 12.6. The van der Waals surface area contributed by atoms with Gasteiger partial charge in [0.15, 0.2) is 0 Å². The molecule has 2 aromatic heterocycles. The lowest BCUT2D eigenvalue weighted by Crippen LogP contribution is -2.45. The monoisotopic (exact) mass is 382 g/mol. The molecule has 0 fully saturated rings. The van der Waals surface area contributed by atoms with Crippen LogP contribution in [0, 0.1) is 0 Å². The second kappa shape index (κ2) is 7.75. The highest BCUT2D eigenvalue weighted by Crippen LogP contribution is 2.40. The highest BCUT2D eigenvalue weighted by atomic mass is 32.1. The van der Waals surface area contributed by atoms with Gasteiger partial charge in [0.05, 0.1) is 0 Å². The van der Waals surface area contributed by atoms with E-state index in [-0.39, 0.29) is 12.3 Å². The van der Waals surface area contributed by atoms with E-state index in [2.05, 4.69) is 10.3 Å². The second-order valence-corrected chi connectivity index (χ2v) is 7.58. The minimum Gasteiger partial charge on any atom is -0.384 e. The summed E-state index contributed by atoms with van der Waals surface area (Å²) in [5.41, 5.74) is 12.3. The summed E-state index contributed by atoms with van der Waals surface area (Å²) in [4.78, 5) is 30.4. The van der Waals surface area contributed by atoms with E-state index >= 15 is 0 Å². The Morgan fingerprint density at radius 1 is 1.30 bits per heavy atom. The van der Waals surface area contributed by atoms with E-state index in [0.717, 1.165) is 12.0 Å². The molecule has 0 saturated heterocycles. The van der Waals surface area contributed by atoms with Crippen molar-refractivity contribution >= 4 is 29.0 Å². The fourth-order valence-electron chi connectivity index (χ4n) is 3.29. The molecule has 1 unspecified atom stereocenters. The minimum absolute atomic E-state index is 0.190. The van der Waals surface area contributed by atoms with Crippen LogP contribution in [0.4, 0.5) is 5.82 Å². The van der Waals surface area contributed by atoms with Gasteiger partial charge in [0.2, 0.25) is 11.8 Å². The van der Waals surface area contributed by atoms with Gasteiger partial charge in [0, 0.05) is 29.6 Å². The molecule has 0 aromatic carbocycles. The van der Waals surface area contributed by atoms with E-state index in [1.54, 1.807) is 41.8 Å². The van der Waals surface area contributed by atoms with E-state index < -0.39 is 11.3 Å². The summed E-state index contributed by atoms with van der Waals surface area (Å²) in [6, 6.07) is 7.39. The van der Waals surface area contributed by atoms with Crippen molar-refractivity contribution in [2.45, 2.75) is 25.2 Å². The van der Waals surface area contributed by atoms with E-state index in [4.69, 9.17) is 11.5 Å². The van der Waals surface area contributed by atoms with Gasteiger partial charge >= 0.3 is 0 Å². The first-order valence-electron chi connectivity index (χ1n) is 8.64. The third-order valence-corrected chi connectivity index (χ3v) is 5.83. The molecule has 2 amide bonds. The van der Waals surface area contributed by atoms with E-state index in [0.29, 0.717) is 23.5 Å². The summed E-state index contributed by atoms with van der Waals surface area (Å²) < 4.78 is 0. The zero-order valence-electron chi connectivity index (χ0n) is 15.1. The summed E-state index contributed by atoms with van der Waals surface area (Å²) in [6.45, 7) is 2.37. The molecule has 0 saturated carbocycles. The molecule has 2 heterocycles. The Morgan fingerprint density at radius 3 is 2.74 bits per heavy atom. The van der Waals surface area contributed by atoms with Crippen LogP contribution in [0.15, 0.2) is 59.1 Å². The van der Waals surface area contributed by atoms with E-state index in [1.165, 1.54) is 4.88 Å². The van der Waals surface area contributed by atoms with Crippen LogP contribution in [0.1, 0.15) is 23.8 Å². The Morgan fingerprint density at radius 2 is 2.11 bits per heavy atom. The van der Waals surface area contributed by atoms with Crippen LogP contribution >= 0.6 is 11.3 Å². The van der Waals surface area contributed by atoms with Crippen molar-refractivity contribution < 1.29 is 9.59 Å². The third kappa shape index (κ3) is 3.78. The largest absolute Gasteiger partial charge is 0.384 e. The minimum atomic E-state index is -1.10. The standard InChI is InChI=1S/C20H22N4O2S/c1-13-4-5-14(18(25)23-9-8-16-3-2-10-27-16)11-20(13,19(22)26)15-6-7-17(21)24-12-15/h2-7,10,12H,8-9,11H2,1H3,(H2,21,24)(H2,22,26)(H,23,25). The number of amides is 2. The number of carbonyl (C=O) groups excluding carboxylic acids is 2. The highest BCUT2D eigenvalue weighted by molar-refractivity contribution is 7.09. The molecular formula is C20H22N4O2S. The zero-order valence-corrected chi connectivity index (χ0v) is 15.9. The molecule has 27 heavy (non-hydrogen) atoms. The lowest BCUT2D eigenvalue weighted by Gasteiger charge is -2.35. The van der Waals surface area contributed by atoms with Crippen molar-refractivity contribution in [3.8, 4) is 0 Å². The van der Waals surface area contributed by atoms with Crippen molar-refractivity contribution in [3.63, 3.8) is 0 Å². The molecule has 2 aromatic rings. The Labute approximate surface area is 162 Å². The number of hydrogen-bond donors (Lipinski definition) is 3. The molecule has 140 valence electrons. The van der Waals surface area contributed by atoms with Gasteiger partial charge in [-0.3, -0.25) is 9.59 Å². The third-order valence-electron chi connectivity index (χ3n) is 4.89. The summed E-state index contributed by atoms with van der Waals surface area (Å²) in [5.74, 6) is -0.345.